The minimum atomic E-state index is -3.27. The summed E-state index contributed by atoms with van der Waals surface area (Å²) in [4.78, 5) is 13.3. The number of amides is 1. The average Bonchev–Trinajstić information content (AvgIpc) is 2.51. The Kier molecular flexibility index (Phi) is 8.05. The number of carbonyl (C=O) groups excluding carboxylic acids is 1. The number of nitrogens with zero attached hydrogens (tertiary/aromatic N) is 1. The molecule has 0 unspecified atom stereocenters. The molecule has 1 amide bonds. The van der Waals surface area contributed by atoms with Gasteiger partial charge in [0.05, 0.1) is 12.4 Å². The number of anilines is 1. The summed E-state index contributed by atoms with van der Waals surface area (Å²) in [5, 5.41) is 0. The summed E-state index contributed by atoms with van der Waals surface area (Å²) in [7, 11) is -3.27. The smallest absolute Gasteiger partial charge is 0.223 e. The molecule has 0 saturated heterocycles. The van der Waals surface area contributed by atoms with Crippen LogP contribution in [0.25, 0.3) is 0 Å². The quantitative estimate of drug-likeness (QED) is 0.707. The van der Waals surface area contributed by atoms with E-state index in [4.69, 9.17) is 4.74 Å². The monoisotopic (exact) mass is 342 g/mol. The van der Waals surface area contributed by atoms with Crippen molar-refractivity contribution in [3.63, 3.8) is 0 Å². The lowest BCUT2D eigenvalue weighted by molar-refractivity contribution is -0.116. The Morgan fingerprint density at radius 1 is 1.22 bits per heavy atom. The van der Waals surface area contributed by atoms with E-state index in [1.54, 1.807) is 24.3 Å². The van der Waals surface area contributed by atoms with E-state index in [9.17, 15) is 13.2 Å². The molecule has 0 aliphatic carbocycles. The molecule has 1 N–H and O–H groups in total. The molecule has 0 aliphatic heterocycles. The Balaban J connectivity index is 2.64. The predicted octanol–water partition coefficient (Wildman–Crippen LogP) is 2.16. The molecule has 23 heavy (non-hydrogen) atoms. The fraction of sp³-hybridized carbons (Fsp3) is 0.562. The van der Waals surface area contributed by atoms with Gasteiger partial charge in [-0.2, -0.15) is 0 Å². The molecule has 0 bridgehead atoms. The van der Waals surface area contributed by atoms with Gasteiger partial charge in [0, 0.05) is 25.7 Å². The minimum Gasteiger partial charge on any atom is -0.494 e. The number of benzene rings is 1. The van der Waals surface area contributed by atoms with Crippen LogP contribution >= 0.6 is 0 Å². The van der Waals surface area contributed by atoms with E-state index in [-0.39, 0.29) is 24.7 Å². The standard InChI is InChI=1S/C16H26N2O4S/c1-4-6-13-23(20,21)17-11-12-18(14(3)19)15-7-9-16(10-8-15)22-5-2/h7-10,17H,4-6,11-13H2,1-3H3. The van der Waals surface area contributed by atoms with Crippen molar-refractivity contribution in [3.05, 3.63) is 24.3 Å². The van der Waals surface area contributed by atoms with E-state index in [1.807, 2.05) is 13.8 Å². The Hall–Kier alpha value is -1.60. The lowest BCUT2D eigenvalue weighted by Gasteiger charge is -2.21. The SMILES string of the molecule is CCCCS(=O)(=O)NCCN(C(C)=O)c1ccc(OCC)cc1. The Labute approximate surface area is 138 Å². The largest absolute Gasteiger partial charge is 0.494 e. The summed E-state index contributed by atoms with van der Waals surface area (Å²) < 4.78 is 31.4. The summed E-state index contributed by atoms with van der Waals surface area (Å²) >= 11 is 0. The molecular formula is C16H26N2O4S. The molecule has 0 radical (unpaired) electrons. The van der Waals surface area contributed by atoms with Crippen molar-refractivity contribution in [1.29, 1.82) is 0 Å². The Morgan fingerprint density at radius 2 is 1.87 bits per heavy atom. The molecule has 0 spiro atoms. The molecule has 0 aliphatic rings. The van der Waals surface area contributed by atoms with Gasteiger partial charge in [0.25, 0.3) is 0 Å². The van der Waals surface area contributed by atoms with E-state index in [0.29, 0.717) is 18.7 Å². The van der Waals surface area contributed by atoms with Gasteiger partial charge in [0.2, 0.25) is 15.9 Å². The van der Waals surface area contributed by atoms with Crippen LogP contribution in [0.1, 0.15) is 33.6 Å². The number of unbranched alkanes of at least 4 members (excludes halogenated alkanes) is 1. The third-order valence-electron chi connectivity index (χ3n) is 3.26. The highest BCUT2D eigenvalue weighted by Gasteiger charge is 2.14. The second kappa shape index (κ2) is 9.52. The van der Waals surface area contributed by atoms with Crippen LogP contribution in [0.2, 0.25) is 0 Å². The molecule has 7 heteroatoms. The van der Waals surface area contributed by atoms with Gasteiger partial charge < -0.3 is 9.64 Å². The van der Waals surface area contributed by atoms with Gasteiger partial charge in [-0.3, -0.25) is 4.79 Å². The van der Waals surface area contributed by atoms with Gasteiger partial charge in [-0.1, -0.05) is 13.3 Å². The van der Waals surface area contributed by atoms with Crippen LogP contribution in [0.4, 0.5) is 5.69 Å². The lowest BCUT2D eigenvalue weighted by Crippen LogP contribution is -2.38. The lowest BCUT2D eigenvalue weighted by atomic mass is 10.2. The number of rotatable bonds is 10. The normalized spacial score (nSPS) is 11.3. The number of ether oxygens (including phenoxy) is 1. The summed E-state index contributed by atoms with van der Waals surface area (Å²) in [6, 6.07) is 7.16. The molecule has 0 fully saturated rings. The zero-order chi connectivity index (χ0) is 17.3. The van der Waals surface area contributed by atoms with Crippen LogP contribution in [0.3, 0.4) is 0 Å². The highest BCUT2D eigenvalue weighted by molar-refractivity contribution is 7.89. The fourth-order valence-corrected chi connectivity index (χ4v) is 3.29. The van der Waals surface area contributed by atoms with E-state index in [2.05, 4.69) is 4.72 Å². The maximum atomic E-state index is 11.8. The summed E-state index contributed by atoms with van der Waals surface area (Å²) in [5.74, 6) is 0.717. The number of carbonyl (C=O) groups is 1. The Morgan fingerprint density at radius 3 is 2.39 bits per heavy atom. The first kappa shape index (κ1) is 19.4. The minimum absolute atomic E-state index is 0.118. The molecule has 1 rings (SSSR count). The number of hydrogen-bond acceptors (Lipinski definition) is 4. The van der Waals surface area contributed by atoms with Gasteiger partial charge in [-0.05, 0) is 37.6 Å². The van der Waals surface area contributed by atoms with Gasteiger partial charge in [0.15, 0.2) is 0 Å². The summed E-state index contributed by atoms with van der Waals surface area (Å²) in [6.45, 7) is 6.37. The van der Waals surface area contributed by atoms with Crippen molar-refractivity contribution >= 4 is 21.6 Å². The highest BCUT2D eigenvalue weighted by Crippen LogP contribution is 2.19. The zero-order valence-electron chi connectivity index (χ0n) is 14.0. The summed E-state index contributed by atoms with van der Waals surface area (Å²) in [6.07, 6.45) is 1.46. The van der Waals surface area contributed by atoms with Crippen LogP contribution in [-0.2, 0) is 14.8 Å². The van der Waals surface area contributed by atoms with Crippen LogP contribution in [0.15, 0.2) is 24.3 Å². The molecule has 0 aromatic heterocycles. The predicted molar refractivity (Wildman–Crippen MR) is 92.3 cm³/mol. The van der Waals surface area contributed by atoms with E-state index in [1.165, 1.54) is 11.8 Å². The molecule has 6 nitrogen and oxygen atoms in total. The first-order valence-corrected chi connectivity index (χ1v) is 9.53. The van der Waals surface area contributed by atoms with Crippen LogP contribution in [0, 0.1) is 0 Å². The average molecular weight is 342 g/mol. The number of nitrogens with one attached hydrogen (secondary N) is 1. The van der Waals surface area contributed by atoms with E-state index < -0.39 is 10.0 Å². The van der Waals surface area contributed by atoms with Crippen molar-refractivity contribution in [2.45, 2.75) is 33.6 Å². The molecule has 1 aromatic carbocycles. The van der Waals surface area contributed by atoms with E-state index in [0.717, 1.165) is 12.2 Å². The first-order valence-electron chi connectivity index (χ1n) is 7.88. The molecule has 0 atom stereocenters. The molecule has 1 aromatic rings. The van der Waals surface area contributed by atoms with Crippen LogP contribution in [-0.4, -0.2) is 39.8 Å². The second-order valence-corrected chi connectivity index (χ2v) is 7.09. The summed E-state index contributed by atoms with van der Waals surface area (Å²) in [5.41, 5.74) is 0.716. The molecule has 0 saturated carbocycles. The van der Waals surface area contributed by atoms with Gasteiger partial charge in [-0.15, -0.1) is 0 Å². The van der Waals surface area contributed by atoms with Crippen LogP contribution < -0.4 is 14.4 Å². The van der Waals surface area contributed by atoms with Gasteiger partial charge >= 0.3 is 0 Å². The number of hydrogen-bond donors (Lipinski definition) is 1. The molecular weight excluding hydrogens is 316 g/mol. The van der Waals surface area contributed by atoms with Gasteiger partial charge in [-0.25, -0.2) is 13.1 Å². The van der Waals surface area contributed by atoms with Crippen molar-refractivity contribution in [2.75, 3.05) is 30.3 Å². The van der Waals surface area contributed by atoms with Crippen molar-refractivity contribution in [3.8, 4) is 5.75 Å². The van der Waals surface area contributed by atoms with Crippen molar-refractivity contribution in [2.24, 2.45) is 0 Å². The first-order chi connectivity index (χ1) is 10.9. The topological polar surface area (TPSA) is 75.7 Å². The van der Waals surface area contributed by atoms with Gasteiger partial charge in [0.1, 0.15) is 5.75 Å². The number of sulfonamides is 1. The maximum absolute atomic E-state index is 11.8. The van der Waals surface area contributed by atoms with Crippen molar-refractivity contribution < 1.29 is 17.9 Å². The van der Waals surface area contributed by atoms with Crippen molar-refractivity contribution in [1.82, 2.24) is 4.72 Å². The second-order valence-electron chi connectivity index (χ2n) is 5.16. The Bertz CT molecular complexity index is 585. The highest BCUT2D eigenvalue weighted by atomic mass is 32.2. The molecule has 0 heterocycles. The zero-order valence-corrected chi connectivity index (χ0v) is 14.9. The fourth-order valence-electron chi connectivity index (χ4n) is 2.08. The van der Waals surface area contributed by atoms with Crippen LogP contribution in [0.5, 0.6) is 5.75 Å². The molecule has 130 valence electrons. The maximum Gasteiger partial charge on any atom is 0.223 e. The third kappa shape index (κ3) is 7.00. The third-order valence-corrected chi connectivity index (χ3v) is 4.73. The van der Waals surface area contributed by atoms with E-state index >= 15 is 0 Å².